The smallest absolute Gasteiger partial charge is 0.138 e. The van der Waals surface area contributed by atoms with Crippen molar-refractivity contribution in [2.75, 3.05) is 0 Å². The zero-order chi connectivity index (χ0) is 12.8. The van der Waals surface area contributed by atoms with Gasteiger partial charge >= 0.3 is 0 Å². The molecule has 2 N–H and O–H groups in total. The minimum absolute atomic E-state index is 0.0613. The van der Waals surface area contributed by atoms with E-state index in [4.69, 9.17) is 28.9 Å². The van der Waals surface area contributed by atoms with E-state index in [2.05, 4.69) is 6.92 Å². The Hall–Kier alpha value is -0.570. The van der Waals surface area contributed by atoms with Gasteiger partial charge in [0.15, 0.2) is 0 Å². The highest BCUT2D eigenvalue weighted by Crippen LogP contribution is 2.25. The molecule has 94 valence electrons. The molecule has 0 radical (unpaired) electrons. The fourth-order valence-electron chi connectivity index (χ4n) is 1.74. The van der Waals surface area contributed by atoms with Gasteiger partial charge in [0.25, 0.3) is 0 Å². The van der Waals surface area contributed by atoms with Crippen LogP contribution in [0.5, 0.6) is 0 Å². The van der Waals surface area contributed by atoms with Crippen molar-refractivity contribution in [3.63, 3.8) is 0 Å². The molecule has 0 bridgehead atoms. The largest absolute Gasteiger partial charge is 0.327 e. The molecule has 2 nitrogen and oxygen atoms in total. The summed E-state index contributed by atoms with van der Waals surface area (Å²) in [6.45, 7) is 2.05. The average Bonchev–Trinajstić information content (AvgIpc) is 2.24. The molecule has 0 aromatic heterocycles. The molecular weight excluding hydrogens is 257 g/mol. The van der Waals surface area contributed by atoms with Crippen molar-refractivity contribution >= 4 is 29.0 Å². The molecule has 0 heterocycles. The molecule has 1 aromatic carbocycles. The minimum atomic E-state index is -0.0613. The first-order chi connectivity index (χ1) is 8.04. The van der Waals surface area contributed by atoms with Crippen molar-refractivity contribution in [1.82, 2.24) is 0 Å². The fourth-order valence-corrected chi connectivity index (χ4v) is 2.27. The number of carbonyl (C=O) groups excluding carboxylic acids is 1. The first-order valence-electron chi connectivity index (χ1n) is 5.74. The summed E-state index contributed by atoms with van der Waals surface area (Å²) in [5, 5.41) is 1.07. The Balaban J connectivity index is 2.62. The van der Waals surface area contributed by atoms with E-state index < -0.39 is 0 Å². The Morgan fingerprint density at radius 1 is 1.35 bits per heavy atom. The quantitative estimate of drug-likeness (QED) is 0.860. The molecule has 4 heteroatoms. The van der Waals surface area contributed by atoms with Gasteiger partial charge in [-0.1, -0.05) is 42.6 Å². The standard InChI is InChI=1S/C13H17Cl2NO/c1-2-4-9(16)7-10(17)8-11-12(14)5-3-6-13(11)15/h3,5-6,9H,2,4,7-8,16H2,1H3. The van der Waals surface area contributed by atoms with Crippen LogP contribution in [0.1, 0.15) is 31.7 Å². The number of hydrogen-bond donors (Lipinski definition) is 1. The molecule has 1 atom stereocenters. The molecule has 0 aliphatic carbocycles. The maximum absolute atomic E-state index is 11.8. The molecule has 1 unspecified atom stereocenters. The van der Waals surface area contributed by atoms with Crippen molar-refractivity contribution in [3.05, 3.63) is 33.8 Å². The van der Waals surface area contributed by atoms with Crippen LogP contribution in [0.25, 0.3) is 0 Å². The maximum atomic E-state index is 11.8. The summed E-state index contributed by atoms with van der Waals surface area (Å²) in [6.07, 6.45) is 2.49. The van der Waals surface area contributed by atoms with E-state index >= 15 is 0 Å². The number of benzene rings is 1. The highest BCUT2D eigenvalue weighted by atomic mass is 35.5. The van der Waals surface area contributed by atoms with Crippen molar-refractivity contribution in [2.24, 2.45) is 5.73 Å². The number of ketones is 1. The molecule has 0 aliphatic heterocycles. The molecule has 0 fully saturated rings. The summed E-state index contributed by atoms with van der Waals surface area (Å²) >= 11 is 12.0. The number of rotatable bonds is 6. The molecule has 0 amide bonds. The number of Topliss-reactive ketones (excluding diaryl/α,β-unsaturated/α-hetero) is 1. The molecule has 0 saturated carbocycles. The van der Waals surface area contributed by atoms with Crippen LogP contribution in [0.15, 0.2) is 18.2 Å². The average molecular weight is 274 g/mol. The molecule has 17 heavy (non-hydrogen) atoms. The highest BCUT2D eigenvalue weighted by Gasteiger charge is 2.13. The second kappa shape index (κ2) is 7.00. The van der Waals surface area contributed by atoms with Crippen molar-refractivity contribution in [3.8, 4) is 0 Å². The lowest BCUT2D eigenvalue weighted by molar-refractivity contribution is -0.118. The SMILES string of the molecule is CCCC(N)CC(=O)Cc1c(Cl)cccc1Cl. The van der Waals surface area contributed by atoms with Gasteiger partial charge in [-0.05, 0) is 24.1 Å². The Morgan fingerprint density at radius 2 is 1.94 bits per heavy atom. The van der Waals surface area contributed by atoms with Gasteiger partial charge in [-0.3, -0.25) is 4.79 Å². The van der Waals surface area contributed by atoms with Gasteiger partial charge in [-0.25, -0.2) is 0 Å². The fraction of sp³-hybridized carbons (Fsp3) is 0.462. The van der Waals surface area contributed by atoms with Crippen LogP contribution < -0.4 is 5.73 Å². The van der Waals surface area contributed by atoms with E-state index in [1.165, 1.54) is 0 Å². The van der Waals surface area contributed by atoms with Crippen molar-refractivity contribution < 1.29 is 4.79 Å². The first-order valence-corrected chi connectivity index (χ1v) is 6.50. The van der Waals surface area contributed by atoms with Gasteiger partial charge in [0.2, 0.25) is 0 Å². The van der Waals surface area contributed by atoms with Gasteiger partial charge in [-0.2, -0.15) is 0 Å². The Labute approximate surface area is 112 Å². The van der Waals surface area contributed by atoms with Gasteiger partial charge in [0, 0.05) is 28.9 Å². The number of hydrogen-bond acceptors (Lipinski definition) is 2. The van der Waals surface area contributed by atoms with Gasteiger partial charge in [0.05, 0.1) is 0 Å². The summed E-state index contributed by atoms with van der Waals surface area (Å²) in [5.41, 5.74) is 6.53. The third-order valence-corrected chi connectivity index (χ3v) is 3.29. The van der Waals surface area contributed by atoms with E-state index in [9.17, 15) is 4.79 Å². The highest BCUT2D eigenvalue weighted by molar-refractivity contribution is 6.36. The second-order valence-corrected chi connectivity index (χ2v) is 4.98. The van der Waals surface area contributed by atoms with Crippen LogP contribution in [0.3, 0.4) is 0 Å². The van der Waals surface area contributed by atoms with Crippen LogP contribution in [-0.4, -0.2) is 11.8 Å². The molecule has 0 saturated heterocycles. The minimum Gasteiger partial charge on any atom is -0.327 e. The van der Waals surface area contributed by atoms with Crippen LogP contribution >= 0.6 is 23.2 Å². The van der Waals surface area contributed by atoms with Crippen LogP contribution in [0, 0.1) is 0 Å². The van der Waals surface area contributed by atoms with E-state index in [-0.39, 0.29) is 18.2 Å². The lowest BCUT2D eigenvalue weighted by Crippen LogP contribution is -2.24. The summed E-state index contributed by atoms with van der Waals surface area (Å²) in [4.78, 5) is 11.8. The zero-order valence-corrected chi connectivity index (χ0v) is 11.4. The zero-order valence-electron chi connectivity index (χ0n) is 9.88. The predicted molar refractivity (Wildman–Crippen MR) is 72.7 cm³/mol. The Kier molecular flexibility index (Phi) is 5.96. The Morgan fingerprint density at radius 3 is 2.47 bits per heavy atom. The van der Waals surface area contributed by atoms with Crippen LogP contribution in [-0.2, 0) is 11.2 Å². The number of halogens is 2. The van der Waals surface area contributed by atoms with E-state index in [0.29, 0.717) is 22.0 Å². The van der Waals surface area contributed by atoms with E-state index in [0.717, 1.165) is 12.8 Å². The van der Waals surface area contributed by atoms with Crippen LogP contribution in [0.2, 0.25) is 10.0 Å². The lowest BCUT2D eigenvalue weighted by Gasteiger charge is -2.10. The summed E-state index contributed by atoms with van der Waals surface area (Å²) in [5.74, 6) is 0.0842. The van der Waals surface area contributed by atoms with Gasteiger partial charge in [-0.15, -0.1) is 0 Å². The van der Waals surface area contributed by atoms with E-state index in [1.807, 2.05) is 0 Å². The summed E-state index contributed by atoms with van der Waals surface area (Å²) in [6, 6.07) is 5.18. The van der Waals surface area contributed by atoms with Gasteiger partial charge in [0.1, 0.15) is 5.78 Å². The number of nitrogens with two attached hydrogens (primary N) is 1. The third kappa shape index (κ3) is 4.66. The maximum Gasteiger partial charge on any atom is 0.138 e. The molecule has 1 rings (SSSR count). The summed E-state index contributed by atoms with van der Waals surface area (Å²) < 4.78 is 0. The number of carbonyl (C=O) groups is 1. The lowest BCUT2D eigenvalue weighted by atomic mass is 10.0. The third-order valence-electron chi connectivity index (χ3n) is 2.58. The first kappa shape index (κ1) is 14.5. The topological polar surface area (TPSA) is 43.1 Å². The normalized spacial score (nSPS) is 12.5. The summed E-state index contributed by atoms with van der Waals surface area (Å²) in [7, 11) is 0. The molecular formula is C13H17Cl2NO. The molecule has 0 spiro atoms. The van der Waals surface area contributed by atoms with Crippen molar-refractivity contribution in [1.29, 1.82) is 0 Å². The molecule has 1 aromatic rings. The second-order valence-electron chi connectivity index (χ2n) is 4.17. The monoisotopic (exact) mass is 273 g/mol. The Bertz CT molecular complexity index is 373. The predicted octanol–water partition coefficient (Wildman–Crippen LogP) is 3.62. The van der Waals surface area contributed by atoms with Crippen molar-refractivity contribution in [2.45, 2.75) is 38.6 Å². The van der Waals surface area contributed by atoms with Crippen LogP contribution in [0.4, 0.5) is 0 Å². The van der Waals surface area contributed by atoms with Gasteiger partial charge < -0.3 is 5.73 Å². The molecule has 0 aliphatic rings. The van der Waals surface area contributed by atoms with E-state index in [1.54, 1.807) is 18.2 Å².